The molecule has 0 aromatic carbocycles. The summed E-state index contributed by atoms with van der Waals surface area (Å²) in [7, 11) is 0. The fourth-order valence-corrected chi connectivity index (χ4v) is 3.77. The lowest BCUT2D eigenvalue weighted by Crippen LogP contribution is -2.28. The average Bonchev–Trinajstić information content (AvgIpc) is 2.90. The second-order valence-electron chi connectivity index (χ2n) is 5.04. The summed E-state index contributed by atoms with van der Waals surface area (Å²) < 4.78 is 5.41. The Morgan fingerprint density at radius 1 is 1.24 bits per heavy atom. The predicted octanol–water partition coefficient (Wildman–Crippen LogP) is 2.50. The van der Waals surface area contributed by atoms with Crippen molar-refractivity contribution < 1.29 is 4.74 Å². The van der Waals surface area contributed by atoms with Gasteiger partial charge in [-0.05, 0) is 32.2 Å². The molecule has 94 valence electrons. The molecule has 0 spiro atoms. The summed E-state index contributed by atoms with van der Waals surface area (Å²) in [5.41, 5.74) is 1.32. The van der Waals surface area contributed by atoms with Gasteiger partial charge in [0.1, 0.15) is 0 Å². The predicted molar refractivity (Wildman–Crippen MR) is 69.8 cm³/mol. The number of aromatic nitrogens is 1. The highest BCUT2D eigenvalue weighted by molar-refractivity contribution is 7.09. The molecule has 1 aromatic heterocycles. The Morgan fingerprint density at radius 2 is 2.12 bits per heavy atom. The molecule has 0 radical (unpaired) electrons. The molecule has 2 fully saturated rings. The van der Waals surface area contributed by atoms with Crippen molar-refractivity contribution in [1.29, 1.82) is 0 Å². The van der Waals surface area contributed by atoms with Crippen LogP contribution in [0.15, 0.2) is 5.38 Å². The Kier molecular flexibility index (Phi) is 3.74. The molecular weight excluding hydrogens is 232 g/mol. The van der Waals surface area contributed by atoms with Gasteiger partial charge < -0.3 is 10.1 Å². The minimum Gasteiger partial charge on any atom is -0.381 e. The number of hydrogen-bond donors (Lipinski definition) is 1. The molecule has 1 unspecified atom stereocenters. The minimum atomic E-state index is 0.644. The van der Waals surface area contributed by atoms with Crippen LogP contribution in [0.4, 0.5) is 0 Å². The molecule has 2 aliphatic heterocycles. The molecule has 3 nitrogen and oxygen atoms in total. The number of ether oxygens (including phenoxy) is 1. The van der Waals surface area contributed by atoms with E-state index in [9.17, 15) is 0 Å². The van der Waals surface area contributed by atoms with Crippen molar-refractivity contribution in [2.24, 2.45) is 0 Å². The van der Waals surface area contributed by atoms with Gasteiger partial charge in [-0.3, -0.25) is 0 Å². The van der Waals surface area contributed by atoms with Crippen LogP contribution in [0.25, 0.3) is 0 Å². The zero-order chi connectivity index (χ0) is 11.5. The van der Waals surface area contributed by atoms with Gasteiger partial charge in [0.25, 0.3) is 0 Å². The summed E-state index contributed by atoms with van der Waals surface area (Å²) in [6.45, 7) is 4.10. The summed E-state index contributed by atoms with van der Waals surface area (Å²) in [6, 6.07) is 0. The Labute approximate surface area is 107 Å². The molecule has 0 saturated carbocycles. The molecule has 4 heteroatoms. The van der Waals surface area contributed by atoms with E-state index >= 15 is 0 Å². The number of rotatable bonds is 2. The molecule has 0 amide bonds. The van der Waals surface area contributed by atoms with Crippen molar-refractivity contribution in [3.8, 4) is 0 Å². The van der Waals surface area contributed by atoms with Gasteiger partial charge in [0.15, 0.2) is 0 Å². The zero-order valence-electron chi connectivity index (χ0n) is 10.2. The van der Waals surface area contributed by atoms with E-state index in [0.717, 1.165) is 32.6 Å². The first-order valence-corrected chi connectivity index (χ1v) is 7.55. The third-order valence-electron chi connectivity index (χ3n) is 3.83. The van der Waals surface area contributed by atoms with Gasteiger partial charge in [-0.25, -0.2) is 4.98 Å². The van der Waals surface area contributed by atoms with E-state index in [0.29, 0.717) is 11.8 Å². The lowest BCUT2D eigenvalue weighted by Gasteiger charge is -2.21. The van der Waals surface area contributed by atoms with Crippen LogP contribution in [0.3, 0.4) is 0 Å². The van der Waals surface area contributed by atoms with Crippen molar-refractivity contribution in [2.75, 3.05) is 26.3 Å². The number of nitrogens with one attached hydrogen (secondary N) is 1. The van der Waals surface area contributed by atoms with E-state index in [-0.39, 0.29) is 0 Å². The highest BCUT2D eigenvalue weighted by atomic mass is 32.1. The van der Waals surface area contributed by atoms with Crippen LogP contribution >= 0.6 is 11.3 Å². The third-order valence-corrected chi connectivity index (χ3v) is 4.85. The molecule has 0 aliphatic carbocycles. The molecular formula is C13H20N2OS. The van der Waals surface area contributed by atoms with E-state index in [2.05, 4.69) is 10.7 Å². The van der Waals surface area contributed by atoms with E-state index in [1.165, 1.54) is 30.1 Å². The van der Waals surface area contributed by atoms with E-state index in [4.69, 9.17) is 9.72 Å². The first-order chi connectivity index (χ1) is 8.43. The van der Waals surface area contributed by atoms with Crippen molar-refractivity contribution in [3.63, 3.8) is 0 Å². The van der Waals surface area contributed by atoms with Crippen molar-refractivity contribution in [1.82, 2.24) is 10.3 Å². The van der Waals surface area contributed by atoms with Crippen LogP contribution in [0.5, 0.6) is 0 Å². The van der Waals surface area contributed by atoms with Crippen molar-refractivity contribution >= 4 is 11.3 Å². The summed E-state index contributed by atoms with van der Waals surface area (Å²) in [4.78, 5) is 4.88. The van der Waals surface area contributed by atoms with Crippen LogP contribution in [-0.2, 0) is 4.74 Å². The van der Waals surface area contributed by atoms with Gasteiger partial charge in [-0.1, -0.05) is 0 Å². The fourth-order valence-electron chi connectivity index (χ4n) is 2.73. The molecule has 0 bridgehead atoms. The molecule has 17 heavy (non-hydrogen) atoms. The number of piperidine rings is 1. The van der Waals surface area contributed by atoms with Gasteiger partial charge in [0.2, 0.25) is 0 Å². The molecule has 1 N–H and O–H groups in total. The maximum Gasteiger partial charge on any atom is 0.0972 e. The van der Waals surface area contributed by atoms with Gasteiger partial charge in [0, 0.05) is 37.0 Å². The topological polar surface area (TPSA) is 34.2 Å². The monoisotopic (exact) mass is 252 g/mol. The SMILES string of the molecule is c1sc(C2CCCNC2)nc1C1CCOCC1. The summed E-state index contributed by atoms with van der Waals surface area (Å²) in [5.74, 6) is 1.30. The quantitative estimate of drug-likeness (QED) is 0.878. The standard InChI is InChI=1S/C13H20N2OS/c1-2-11(8-14-5-1)13-15-12(9-17-13)10-3-6-16-7-4-10/h9-11,14H,1-8H2. The highest BCUT2D eigenvalue weighted by Crippen LogP contribution is 2.32. The second-order valence-corrected chi connectivity index (χ2v) is 5.93. The van der Waals surface area contributed by atoms with Crippen LogP contribution in [-0.4, -0.2) is 31.3 Å². The molecule has 2 saturated heterocycles. The van der Waals surface area contributed by atoms with Gasteiger partial charge >= 0.3 is 0 Å². The minimum absolute atomic E-state index is 0.644. The molecule has 1 atom stereocenters. The van der Waals surface area contributed by atoms with E-state index in [1.807, 2.05) is 11.3 Å². The van der Waals surface area contributed by atoms with Crippen LogP contribution in [0.1, 0.15) is 48.2 Å². The summed E-state index contributed by atoms with van der Waals surface area (Å²) in [5, 5.41) is 7.09. The zero-order valence-corrected chi connectivity index (χ0v) is 11.0. The highest BCUT2D eigenvalue weighted by Gasteiger charge is 2.22. The van der Waals surface area contributed by atoms with Crippen molar-refractivity contribution in [3.05, 3.63) is 16.1 Å². The average molecular weight is 252 g/mol. The van der Waals surface area contributed by atoms with Crippen LogP contribution < -0.4 is 5.32 Å². The molecule has 3 heterocycles. The maximum absolute atomic E-state index is 5.41. The summed E-state index contributed by atoms with van der Waals surface area (Å²) >= 11 is 1.86. The Hall–Kier alpha value is -0.450. The van der Waals surface area contributed by atoms with Crippen LogP contribution in [0.2, 0.25) is 0 Å². The first kappa shape index (κ1) is 11.6. The first-order valence-electron chi connectivity index (χ1n) is 6.67. The van der Waals surface area contributed by atoms with E-state index < -0.39 is 0 Å². The van der Waals surface area contributed by atoms with Gasteiger partial charge in [-0.2, -0.15) is 0 Å². The smallest absolute Gasteiger partial charge is 0.0972 e. The second kappa shape index (κ2) is 5.46. The Morgan fingerprint density at radius 3 is 2.88 bits per heavy atom. The van der Waals surface area contributed by atoms with Crippen molar-refractivity contribution in [2.45, 2.75) is 37.5 Å². The Bertz CT molecular complexity index is 322. The van der Waals surface area contributed by atoms with E-state index in [1.54, 1.807) is 0 Å². The largest absolute Gasteiger partial charge is 0.381 e. The maximum atomic E-state index is 5.41. The fraction of sp³-hybridized carbons (Fsp3) is 0.769. The normalized spacial score (nSPS) is 27.2. The molecule has 2 aliphatic rings. The number of hydrogen-bond acceptors (Lipinski definition) is 4. The lowest BCUT2D eigenvalue weighted by molar-refractivity contribution is 0.0846. The summed E-state index contributed by atoms with van der Waals surface area (Å²) in [6.07, 6.45) is 4.88. The molecule has 1 aromatic rings. The lowest BCUT2D eigenvalue weighted by atomic mass is 9.97. The van der Waals surface area contributed by atoms with Gasteiger partial charge in [0.05, 0.1) is 10.7 Å². The van der Waals surface area contributed by atoms with Crippen LogP contribution in [0, 0.1) is 0 Å². The molecule has 3 rings (SSSR count). The third kappa shape index (κ3) is 2.69. The number of thiazole rings is 1. The van der Waals surface area contributed by atoms with Gasteiger partial charge in [-0.15, -0.1) is 11.3 Å². The number of nitrogens with zero attached hydrogens (tertiary/aromatic N) is 1. The Balaban J connectivity index is 1.68.